The van der Waals surface area contributed by atoms with E-state index in [-0.39, 0.29) is 11.0 Å². The quantitative estimate of drug-likeness (QED) is 0.390. The third-order valence-electron chi connectivity index (χ3n) is 5.36. The average Bonchev–Trinajstić information content (AvgIpc) is 3.20. The normalized spacial score (nSPS) is 11.6. The van der Waals surface area contributed by atoms with Crippen LogP contribution in [0.2, 0.25) is 0 Å². The Hall–Kier alpha value is -3.32. The maximum atomic E-state index is 13.3. The molecule has 0 spiro atoms. The minimum atomic E-state index is -0.171. The summed E-state index contributed by atoms with van der Waals surface area (Å²) >= 11 is 1.69. The smallest absolute Gasteiger partial charge is 0.261 e. The molecule has 0 aliphatic carbocycles. The molecule has 0 fully saturated rings. The summed E-state index contributed by atoms with van der Waals surface area (Å²) in [5, 5.41) is 2.08. The van der Waals surface area contributed by atoms with Crippen molar-refractivity contribution in [3.8, 4) is 22.8 Å². The fraction of sp³-hybridized carbons (Fsp3) is 0.308. The van der Waals surface area contributed by atoms with Gasteiger partial charge in [0.25, 0.3) is 5.56 Å². The largest absolute Gasteiger partial charge is 0.488 e. The molecule has 170 valence electrons. The number of nitrogens with zero attached hydrogens (tertiary/aromatic N) is 4. The van der Waals surface area contributed by atoms with Gasteiger partial charge in [-0.1, -0.05) is 20.8 Å². The third-order valence-corrected chi connectivity index (χ3v) is 6.27. The molecule has 0 aliphatic rings. The molecule has 0 unspecified atom stereocenters. The van der Waals surface area contributed by atoms with Crippen molar-refractivity contribution in [2.75, 3.05) is 0 Å². The van der Waals surface area contributed by atoms with E-state index in [2.05, 4.69) is 49.1 Å². The lowest BCUT2D eigenvalue weighted by molar-refractivity contribution is 0.303. The Bertz CT molecular complexity index is 1370. The first-order valence-electron chi connectivity index (χ1n) is 10.8. The highest BCUT2D eigenvalue weighted by molar-refractivity contribution is 7.10. The predicted molar refractivity (Wildman–Crippen MR) is 132 cm³/mol. The lowest BCUT2D eigenvalue weighted by Crippen LogP contribution is -2.23. The van der Waals surface area contributed by atoms with Crippen LogP contribution >= 0.6 is 11.3 Å². The molecule has 4 heterocycles. The number of pyridine rings is 2. The zero-order chi connectivity index (χ0) is 23.8. The molecule has 0 atom stereocenters. The Balaban J connectivity index is 1.69. The van der Waals surface area contributed by atoms with Crippen LogP contribution in [0.1, 0.15) is 48.3 Å². The van der Waals surface area contributed by atoms with Gasteiger partial charge < -0.3 is 4.74 Å². The molecule has 6 nitrogen and oxygen atoms in total. The van der Waals surface area contributed by atoms with Crippen molar-refractivity contribution in [2.45, 2.75) is 53.6 Å². The van der Waals surface area contributed by atoms with Crippen LogP contribution in [0, 0.1) is 20.8 Å². The van der Waals surface area contributed by atoms with Crippen molar-refractivity contribution in [3.63, 3.8) is 0 Å². The van der Waals surface area contributed by atoms with Gasteiger partial charge in [0.15, 0.2) is 0 Å². The topological polar surface area (TPSA) is 69.9 Å². The summed E-state index contributed by atoms with van der Waals surface area (Å²) in [6, 6.07) is 9.57. The van der Waals surface area contributed by atoms with Gasteiger partial charge in [-0.2, -0.15) is 0 Å². The summed E-state index contributed by atoms with van der Waals surface area (Å²) in [6.07, 6.45) is 3.45. The molecule has 0 bridgehead atoms. The minimum Gasteiger partial charge on any atom is -0.488 e. The van der Waals surface area contributed by atoms with E-state index >= 15 is 0 Å². The molecule has 0 radical (unpaired) electrons. The summed E-state index contributed by atoms with van der Waals surface area (Å²) in [5.41, 5.74) is 4.35. The van der Waals surface area contributed by atoms with Gasteiger partial charge in [-0.15, -0.1) is 11.3 Å². The number of aryl methyl sites for hydroxylation is 2. The van der Waals surface area contributed by atoms with E-state index in [0.717, 1.165) is 28.5 Å². The zero-order valence-corrected chi connectivity index (χ0v) is 20.7. The van der Waals surface area contributed by atoms with E-state index in [9.17, 15) is 4.79 Å². The number of aromatic nitrogens is 4. The molecule has 7 heteroatoms. The minimum absolute atomic E-state index is 0.110. The van der Waals surface area contributed by atoms with E-state index in [1.807, 2.05) is 31.2 Å². The maximum absolute atomic E-state index is 13.3. The van der Waals surface area contributed by atoms with Crippen LogP contribution in [-0.2, 0) is 12.0 Å². The molecule has 33 heavy (non-hydrogen) atoms. The van der Waals surface area contributed by atoms with Crippen LogP contribution in [0.3, 0.4) is 0 Å². The first kappa shape index (κ1) is 22.9. The van der Waals surface area contributed by atoms with Gasteiger partial charge in [0, 0.05) is 40.0 Å². The third kappa shape index (κ3) is 4.88. The van der Waals surface area contributed by atoms with Crippen molar-refractivity contribution in [1.29, 1.82) is 0 Å². The lowest BCUT2D eigenvalue weighted by Gasteiger charge is -2.17. The second kappa shape index (κ2) is 8.90. The Morgan fingerprint density at radius 2 is 1.76 bits per heavy atom. The molecule has 0 saturated heterocycles. The molecular weight excluding hydrogens is 432 g/mol. The molecule has 0 saturated carbocycles. The van der Waals surface area contributed by atoms with E-state index in [1.54, 1.807) is 35.2 Å². The summed E-state index contributed by atoms with van der Waals surface area (Å²) < 4.78 is 7.68. The first-order chi connectivity index (χ1) is 15.6. The van der Waals surface area contributed by atoms with E-state index in [4.69, 9.17) is 9.72 Å². The molecule has 0 amide bonds. The van der Waals surface area contributed by atoms with Gasteiger partial charge in [-0.05, 0) is 50.4 Å². The Morgan fingerprint density at radius 3 is 2.45 bits per heavy atom. The predicted octanol–water partition coefficient (Wildman–Crippen LogP) is 5.55. The van der Waals surface area contributed by atoms with Crippen molar-refractivity contribution in [1.82, 2.24) is 19.5 Å². The van der Waals surface area contributed by atoms with Crippen LogP contribution in [0.25, 0.3) is 17.1 Å². The number of ether oxygens (including phenoxy) is 1. The summed E-state index contributed by atoms with van der Waals surface area (Å²) in [7, 11) is 0. The van der Waals surface area contributed by atoms with Crippen LogP contribution in [-0.4, -0.2) is 19.5 Å². The van der Waals surface area contributed by atoms with Gasteiger partial charge in [0.1, 0.15) is 18.2 Å². The highest BCUT2D eigenvalue weighted by Gasteiger charge is 2.18. The highest BCUT2D eigenvalue weighted by atomic mass is 32.1. The number of rotatable bonds is 5. The standard InChI is InChI=1S/C26H28N4O2S/c1-16-11-23(32-14-19-12-17(2)33-15-19)18(3)24(31)30(16)20-7-9-27-22(13-20)21-8-10-28-25(29-21)26(4,5)6/h7-13,15H,14H2,1-6H3. The highest BCUT2D eigenvalue weighted by Crippen LogP contribution is 2.24. The molecule has 4 rings (SSSR count). The van der Waals surface area contributed by atoms with Crippen molar-refractivity contribution in [2.24, 2.45) is 0 Å². The fourth-order valence-corrected chi connectivity index (χ4v) is 4.26. The molecule has 4 aromatic rings. The summed E-state index contributed by atoms with van der Waals surface area (Å²) in [4.78, 5) is 28.1. The fourth-order valence-electron chi connectivity index (χ4n) is 3.56. The van der Waals surface area contributed by atoms with Crippen molar-refractivity contribution < 1.29 is 4.74 Å². The Morgan fingerprint density at radius 1 is 1.00 bits per heavy atom. The zero-order valence-electron chi connectivity index (χ0n) is 19.8. The van der Waals surface area contributed by atoms with E-state index in [0.29, 0.717) is 23.6 Å². The van der Waals surface area contributed by atoms with Crippen molar-refractivity contribution in [3.05, 3.63) is 86.0 Å². The molecule has 0 aromatic carbocycles. The van der Waals surface area contributed by atoms with Crippen LogP contribution in [0.4, 0.5) is 0 Å². The second-order valence-electron chi connectivity index (χ2n) is 9.18. The van der Waals surface area contributed by atoms with Gasteiger partial charge in [-0.25, -0.2) is 9.97 Å². The molecular formula is C26H28N4O2S. The average molecular weight is 461 g/mol. The van der Waals surface area contributed by atoms with Crippen LogP contribution in [0.5, 0.6) is 5.75 Å². The van der Waals surface area contributed by atoms with Gasteiger partial charge in [0.05, 0.1) is 22.6 Å². The second-order valence-corrected chi connectivity index (χ2v) is 10.3. The van der Waals surface area contributed by atoms with Crippen LogP contribution in [0.15, 0.2) is 52.9 Å². The Labute approximate surface area is 198 Å². The monoisotopic (exact) mass is 460 g/mol. The molecule has 0 N–H and O–H groups in total. The summed E-state index contributed by atoms with van der Waals surface area (Å²) in [5.74, 6) is 1.36. The lowest BCUT2D eigenvalue weighted by atomic mass is 9.95. The van der Waals surface area contributed by atoms with Gasteiger partial charge in [0.2, 0.25) is 0 Å². The van der Waals surface area contributed by atoms with Gasteiger partial charge >= 0.3 is 0 Å². The number of hydrogen-bond donors (Lipinski definition) is 0. The van der Waals surface area contributed by atoms with Crippen LogP contribution < -0.4 is 10.3 Å². The summed E-state index contributed by atoms with van der Waals surface area (Å²) in [6.45, 7) is 12.4. The van der Waals surface area contributed by atoms with Gasteiger partial charge in [-0.3, -0.25) is 14.3 Å². The van der Waals surface area contributed by atoms with E-state index < -0.39 is 0 Å². The van der Waals surface area contributed by atoms with Crippen molar-refractivity contribution >= 4 is 11.3 Å². The first-order valence-corrected chi connectivity index (χ1v) is 11.7. The molecule has 0 aliphatic heterocycles. The number of thiophene rings is 1. The van der Waals surface area contributed by atoms with E-state index in [1.165, 1.54) is 4.88 Å². The number of hydrogen-bond acceptors (Lipinski definition) is 6. The SMILES string of the molecule is Cc1cc(COc2cc(C)n(-c3ccnc(-c4ccnc(C(C)(C)C)n4)c3)c(=O)c2C)cs1. The Kier molecular flexibility index (Phi) is 6.17. The molecule has 4 aromatic heterocycles. The maximum Gasteiger partial charge on any atom is 0.261 e.